The summed E-state index contributed by atoms with van der Waals surface area (Å²) in [6.07, 6.45) is 0.000925. The Morgan fingerprint density at radius 2 is 1.72 bits per heavy atom. The van der Waals surface area contributed by atoms with Crippen molar-refractivity contribution in [2.24, 2.45) is 0 Å². The third-order valence-corrected chi connectivity index (χ3v) is 4.40. The molecule has 0 fully saturated rings. The summed E-state index contributed by atoms with van der Waals surface area (Å²) < 4.78 is 10.4. The summed E-state index contributed by atoms with van der Waals surface area (Å²) in [6.45, 7) is 2.81. The normalized spacial score (nSPS) is 14.4. The largest absolute Gasteiger partial charge is 0.497 e. The number of nitrogens with zero attached hydrogens (tertiary/aromatic N) is 1. The third-order valence-electron chi connectivity index (χ3n) is 4.40. The maximum absolute atomic E-state index is 12.6. The number of rotatable bonds is 4. The molecule has 1 aliphatic heterocycles. The van der Waals surface area contributed by atoms with E-state index in [4.69, 9.17) is 9.47 Å². The van der Waals surface area contributed by atoms with E-state index in [1.807, 2.05) is 18.2 Å². The third kappa shape index (κ3) is 3.82. The van der Waals surface area contributed by atoms with Gasteiger partial charge in [0.2, 0.25) is 0 Å². The molecule has 25 heavy (non-hydrogen) atoms. The number of fused-ring (bicyclic) bond motifs is 1. The molecule has 0 unspecified atom stereocenters. The van der Waals surface area contributed by atoms with Crippen LogP contribution in [0.1, 0.15) is 28.4 Å². The van der Waals surface area contributed by atoms with Crippen LogP contribution in [0, 0.1) is 0 Å². The van der Waals surface area contributed by atoms with Gasteiger partial charge in [-0.2, -0.15) is 0 Å². The highest BCUT2D eigenvalue weighted by Crippen LogP contribution is 2.20. The lowest BCUT2D eigenvalue weighted by atomic mass is 9.99. The van der Waals surface area contributed by atoms with Gasteiger partial charge in [0.25, 0.3) is 5.91 Å². The molecule has 5 nitrogen and oxygen atoms in total. The molecule has 0 N–H and O–H groups in total. The van der Waals surface area contributed by atoms with Crippen LogP contribution in [0.5, 0.6) is 5.75 Å². The fraction of sp³-hybridized carbons (Fsp3) is 0.300. The van der Waals surface area contributed by atoms with Crippen LogP contribution in [-0.2, 0) is 22.5 Å². The number of amides is 1. The van der Waals surface area contributed by atoms with Gasteiger partial charge in [-0.1, -0.05) is 24.3 Å². The molecule has 5 heteroatoms. The number of esters is 1. The van der Waals surface area contributed by atoms with Crippen molar-refractivity contribution in [3.05, 3.63) is 65.2 Å². The molecule has 1 atom stereocenters. The monoisotopic (exact) mass is 339 g/mol. The van der Waals surface area contributed by atoms with Gasteiger partial charge in [-0.15, -0.1) is 0 Å². The quantitative estimate of drug-likeness (QED) is 0.804. The second-order valence-corrected chi connectivity index (χ2v) is 6.05. The van der Waals surface area contributed by atoms with Crippen molar-refractivity contribution in [1.82, 2.24) is 4.90 Å². The summed E-state index contributed by atoms with van der Waals surface area (Å²) in [4.78, 5) is 26.6. The van der Waals surface area contributed by atoms with Crippen LogP contribution in [0.15, 0.2) is 48.5 Å². The van der Waals surface area contributed by atoms with E-state index in [2.05, 4.69) is 6.07 Å². The first-order valence-electron chi connectivity index (χ1n) is 8.29. The highest BCUT2D eigenvalue weighted by atomic mass is 16.5. The number of hydrogen-bond acceptors (Lipinski definition) is 4. The van der Waals surface area contributed by atoms with Gasteiger partial charge in [0, 0.05) is 13.1 Å². The molecule has 1 amide bonds. The van der Waals surface area contributed by atoms with Gasteiger partial charge in [0.05, 0.1) is 12.7 Å². The predicted octanol–water partition coefficient (Wildman–Crippen LogP) is 2.83. The number of carbonyl (C=O) groups excluding carboxylic acids is 2. The molecule has 2 aromatic rings. The molecule has 0 bridgehead atoms. The van der Waals surface area contributed by atoms with E-state index in [0.717, 1.165) is 12.0 Å². The van der Waals surface area contributed by atoms with E-state index >= 15 is 0 Å². The molecule has 0 radical (unpaired) electrons. The van der Waals surface area contributed by atoms with Crippen LogP contribution in [0.3, 0.4) is 0 Å². The van der Waals surface area contributed by atoms with Crippen molar-refractivity contribution in [3.8, 4) is 5.75 Å². The number of hydrogen-bond donors (Lipinski definition) is 0. The Balaban J connectivity index is 1.61. The van der Waals surface area contributed by atoms with Crippen molar-refractivity contribution in [2.45, 2.75) is 26.0 Å². The Kier molecular flexibility index (Phi) is 5.03. The smallest absolute Gasteiger partial charge is 0.338 e. The summed E-state index contributed by atoms with van der Waals surface area (Å²) in [5.41, 5.74) is 2.81. The first-order valence-corrected chi connectivity index (χ1v) is 8.29. The van der Waals surface area contributed by atoms with Crippen LogP contribution in [0.2, 0.25) is 0 Å². The average molecular weight is 339 g/mol. The lowest BCUT2D eigenvalue weighted by Gasteiger charge is -2.30. The Morgan fingerprint density at radius 3 is 2.40 bits per heavy atom. The van der Waals surface area contributed by atoms with Gasteiger partial charge in [0.1, 0.15) is 5.75 Å². The zero-order valence-corrected chi connectivity index (χ0v) is 14.4. The molecule has 1 aliphatic rings. The molecular weight excluding hydrogens is 318 g/mol. The van der Waals surface area contributed by atoms with Crippen LogP contribution in [0.4, 0.5) is 0 Å². The Bertz CT molecular complexity index is 770. The van der Waals surface area contributed by atoms with Gasteiger partial charge in [-0.25, -0.2) is 4.79 Å². The van der Waals surface area contributed by atoms with Gasteiger partial charge in [-0.05, 0) is 48.7 Å². The van der Waals surface area contributed by atoms with E-state index in [9.17, 15) is 9.59 Å². The van der Waals surface area contributed by atoms with E-state index in [-0.39, 0.29) is 5.91 Å². The summed E-state index contributed by atoms with van der Waals surface area (Å²) >= 11 is 0. The highest BCUT2D eigenvalue weighted by Gasteiger charge is 2.27. The van der Waals surface area contributed by atoms with Crippen molar-refractivity contribution >= 4 is 11.9 Å². The lowest BCUT2D eigenvalue weighted by Crippen LogP contribution is -2.42. The van der Waals surface area contributed by atoms with E-state index < -0.39 is 12.1 Å². The minimum atomic E-state index is -0.820. The Labute approximate surface area is 147 Å². The molecule has 1 heterocycles. The van der Waals surface area contributed by atoms with Crippen LogP contribution in [-0.4, -0.2) is 36.5 Å². The molecule has 3 rings (SSSR count). The fourth-order valence-electron chi connectivity index (χ4n) is 2.95. The zero-order chi connectivity index (χ0) is 17.8. The van der Waals surface area contributed by atoms with E-state index in [0.29, 0.717) is 24.4 Å². The summed E-state index contributed by atoms with van der Waals surface area (Å²) in [6, 6.07) is 14.7. The SMILES string of the molecule is COc1ccc(C(=O)O[C@H](C)C(=O)N2CCc3ccccc3C2)cc1. The van der Waals surface area contributed by atoms with Crippen molar-refractivity contribution < 1.29 is 19.1 Å². The lowest BCUT2D eigenvalue weighted by molar-refractivity contribution is -0.140. The molecule has 0 aromatic heterocycles. The summed E-state index contributed by atoms with van der Waals surface area (Å²) in [5, 5.41) is 0. The number of methoxy groups -OCH3 is 1. The zero-order valence-electron chi connectivity index (χ0n) is 14.4. The van der Waals surface area contributed by atoms with E-state index in [1.54, 1.807) is 43.2 Å². The maximum atomic E-state index is 12.6. The molecular formula is C20H21NO4. The van der Waals surface area contributed by atoms with Crippen LogP contribution < -0.4 is 4.74 Å². The molecule has 0 aliphatic carbocycles. The number of benzene rings is 2. The van der Waals surface area contributed by atoms with Gasteiger partial charge in [0.15, 0.2) is 6.10 Å². The Morgan fingerprint density at radius 1 is 1.04 bits per heavy atom. The van der Waals surface area contributed by atoms with Crippen molar-refractivity contribution in [3.63, 3.8) is 0 Å². The standard InChI is InChI=1S/C20H21NO4/c1-14(25-20(23)16-7-9-18(24-2)10-8-16)19(22)21-12-11-15-5-3-4-6-17(15)13-21/h3-10,14H,11-13H2,1-2H3/t14-/m1/s1. The molecule has 0 saturated heterocycles. The summed E-state index contributed by atoms with van der Waals surface area (Å²) in [5.74, 6) is -0.0232. The first-order chi connectivity index (χ1) is 12.1. The molecule has 0 spiro atoms. The minimum Gasteiger partial charge on any atom is -0.497 e. The molecule has 130 valence electrons. The highest BCUT2D eigenvalue weighted by molar-refractivity contribution is 5.92. The maximum Gasteiger partial charge on any atom is 0.338 e. The van der Waals surface area contributed by atoms with Gasteiger partial charge < -0.3 is 14.4 Å². The van der Waals surface area contributed by atoms with Crippen molar-refractivity contribution in [1.29, 1.82) is 0 Å². The molecule has 2 aromatic carbocycles. The predicted molar refractivity (Wildman–Crippen MR) is 93.4 cm³/mol. The summed E-state index contributed by atoms with van der Waals surface area (Å²) in [7, 11) is 1.56. The average Bonchev–Trinajstić information content (AvgIpc) is 2.67. The van der Waals surface area contributed by atoms with Gasteiger partial charge >= 0.3 is 5.97 Å². The Hall–Kier alpha value is -2.82. The van der Waals surface area contributed by atoms with Crippen LogP contribution >= 0.6 is 0 Å². The fourth-order valence-corrected chi connectivity index (χ4v) is 2.95. The van der Waals surface area contributed by atoms with Gasteiger partial charge in [-0.3, -0.25) is 4.79 Å². The van der Waals surface area contributed by atoms with Crippen LogP contribution in [0.25, 0.3) is 0 Å². The molecule has 0 saturated carbocycles. The first kappa shape index (κ1) is 17.0. The van der Waals surface area contributed by atoms with E-state index in [1.165, 1.54) is 5.56 Å². The second kappa shape index (κ2) is 7.38. The minimum absolute atomic E-state index is 0.170. The second-order valence-electron chi connectivity index (χ2n) is 6.05. The van der Waals surface area contributed by atoms with Crippen molar-refractivity contribution in [2.75, 3.05) is 13.7 Å². The number of ether oxygens (including phenoxy) is 2. The topological polar surface area (TPSA) is 55.8 Å². The number of carbonyl (C=O) groups is 2.